The molecule has 1 aliphatic heterocycles. The number of esters is 1. The molecule has 10 heteroatoms. The average molecular weight is 419 g/mol. The number of imide groups is 1. The van der Waals surface area contributed by atoms with Gasteiger partial charge >= 0.3 is 5.97 Å². The number of carbonyl (C=O) groups is 3. The first-order chi connectivity index (χ1) is 13.9. The van der Waals surface area contributed by atoms with Gasteiger partial charge in [0.15, 0.2) is 0 Å². The highest BCUT2D eigenvalue weighted by Gasteiger charge is 2.40. The number of ether oxygens (including phenoxy) is 2. The highest BCUT2D eigenvalue weighted by molar-refractivity contribution is 6.32. The van der Waals surface area contributed by atoms with Crippen molar-refractivity contribution in [3.05, 3.63) is 68.7 Å². The Morgan fingerprint density at radius 3 is 2.55 bits per heavy atom. The molecule has 0 aromatic heterocycles. The Morgan fingerprint density at radius 1 is 1.07 bits per heavy atom. The van der Waals surface area contributed by atoms with Crippen LogP contribution in [0.5, 0.6) is 5.75 Å². The number of nitrogens with zero attached hydrogens (tertiary/aromatic N) is 2. The second kappa shape index (κ2) is 8.70. The Balaban J connectivity index is 1.50. The third-order valence-corrected chi connectivity index (χ3v) is 4.47. The summed E-state index contributed by atoms with van der Waals surface area (Å²) in [4.78, 5) is 47.8. The van der Waals surface area contributed by atoms with Crippen LogP contribution in [0.4, 0.5) is 5.69 Å². The molecule has 1 heterocycles. The van der Waals surface area contributed by atoms with Crippen molar-refractivity contribution >= 4 is 35.1 Å². The summed E-state index contributed by atoms with van der Waals surface area (Å²) in [6.45, 7) is -0.208. The van der Waals surface area contributed by atoms with Crippen LogP contribution in [0.25, 0.3) is 0 Å². The maximum Gasteiger partial charge on any atom is 0.307 e. The van der Waals surface area contributed by atoms with Gasteiger partial charge in [-0.3, -0.25) is 29.4 Å². The summed E-state index contributed by atoms with van der Waals surface area (Å²) < 4.78 is 10.4. The molecule has 0 saturated heterocycles. The molecule has 3 rings (SSSR count). The molecule has 0 atom stereocenters. The van der Waals surface area contributed by atoms with Crippen LogP contribution in [0.3, 0.4) is 0 Å². The third kappa shape index (κ3) is 4.35. The molecular formula is C19H15ClN2O7. The van der Waals surface area contributed by atoms with E-state index < -0.39 is 28.4 Å². The fourth-order valence-electron chi connectivity index (χ4n) is 2.82. The van der Waals surface area contributed by atoms with Crippen molar-refractivity contribution in [2.75, 3.05) is 19.8 Å². The van der Waals surface area contributed by atoms with Crippen LogP contribution in [0, 0.1) is 10.1 Å². The van der Waals surface area contributed by atoms with E-state index >= 15 is 0 Å². The smallest absolute Gasteiger partial charge is 0.307 e. The molecular weight excluding hydrogens is 404 g/mol. The minimum absolute atomic E-state index is 0.0440. The summed E-state index contributed by atoms with van der Waals surface area (Å²) >= 11 is 5.94. The van der Waals surface area contributed by atoms with E-state index in [4.69, 9.17) is 21.1 Å². The second-order valence-corrected chi connectivity index (χ2v) is 6.38. The normalized spacial score (nSPS) is 12.7. The van der Waals surface area contributed by atoms with Gasteiger partial charge in [-0.25, -0.2) is 0 Å². The van der Waals surface area contributed by atoms with E-state index in [1.54, 1.807) is 24.3 Å². The third-order valence-electron chi connectivity index (χ3n) is 4.15. The fraction of sp³-hybridized carbons (Fsp3) is 0.211. The molecule has 0 fully saturated rings. The molecule has 0 spiro atoms. The average Bonchev–Trinajstić information content (AvgIpc) is 2.95. The highest BCUT2D eigenvalue weighted by Crippen LogP contribution is 2.30. The molecule has 2 aromatic rings. The second-order valence-electron chi connectivity index (χ2n) is 5.97. The fourth-order valence-corrected chi connectivity index (χ4v) is 3.01. The Morgan fingerprint density at radius 2 is 1.83 bits per heavy atom. The van der Waals surface area contributed by atoms with E-state index in [2.05, 4.69) is 0 Å². The van der Waals surface area contributed by atoms with Gasteiger partial charge in [-0.05, 0) is 18.2 Å². The molecule has 150 valence electrons. The molecule has 1 aliphatic rings. The number of fused-ring (bicyclic) bond motifs is 1. The quantitative estimate of drug-likeness (QED) is 0.213. The highest BCUT2D eigenvalue weighted by atomic mass is 35.5. The van der Waals surface area contributed by atoms with Gasteiger partial charge in [-0.1, -0.05) is 29.8 Å². The largest absolute Gasteiger partial charge is 0.488 e. The van der Waals surface area contributed by atoms with Crippen LogP contribution in [0.15, 0.2) is 42.5 Å². The summed E-state index contributed by atoms with van der Waals surface area (Å²) in [5, 5.41) is 11.5. The van der Waals surface area contributed by atoms with Crippen molar-refractivity contribution in [1.29, 1.82) is 0 Å². The number of nitro groups is 1. The van der Waals surface area contributed by atoms with Crippen molar-refractivity contribution in [3.8, 4) is 5.75 Å². The maximum absolute atomic E-state index is 12.4. The molecule has 29 heavy (non-hydrogen) atoms. The number of benzene rings is 2. The number of para-hydroxylation sites is 1. The molecule has 9 nitrogen and oxygen atoms in total. The monoisotopic (exact) mass is 418 g/mol. The van der Waals surface area contributed by atoms with Gasteiger partial charge in [0, 0.05) is 12.6 Å². The van der Waals surface area contributed by atoms with Gasteiger partial charge in [0.1, 0.15) is 24.5 Å². The zero-order valence-electron chi connectivity index (χ0n) is 15.0. The molecule has 0 unspecified atom stereocenters. The van der Waals surface area contributed by atoms with E-state index in [1.165, 1.54) is 12.1 Å². The van der Waals surface area contributed by atoms with Crippen LogP contribution in [0.1, 0.15) is 27.1 Å². The lowest BCUT2D eigenvalue weighted by molar-refractivity contribution is -0.385. The first-order valence-corrected chi connectivity index (χ1v) is 8.94. The Kier molecular flexibility index (Phi) is 6.08. The number of carbonyl (C=O) groups excluding carboxylic acids is 3. The number of amides is 2. The summed E-state index contributed by atoms with van der Waals surface area (Å²) in [5.41, 5.74) is -0.752. The van der Waals surface area contributed by atoms with Gasteiger partial charge in [0.2, 0.25) is 0 Å². The summed E-state index contributed by atoms with van der Waals surface area (Å²) in [6, 6.07) is 10.7. The number of hydrogen-bond acceptors (Lipinski definition) is 7. The van der Waals surface area contributed by atoms with E-state index in [0.717, 1.165) is 11.0 Å². The first-order valence-electron chi connectivity index (χ1n) is 8.56. The standard InChI is InChI=1S/C19H15ClN2O7/c20-13-5-1-2-7-15(13)28-10-11-29-16(23)8-9-21-18(24)12-4-3-6-14(22(26)27)17(12)19(21)25/h1-7H,8-11H2. The zero-order valence-corrected chi connectivity index (χ0v) is 15.8. The first kappa shape index (κ1) is 20.3. The van der Waals surface area contributed by atoms with Crippen molar-refractivity contribution < 1.29 is 28.8 Å². The van der Waals surface area contributed by atoms with Crippen LogP contribution < -0.4 is 4.74 Å². The Bertz CT molecular complexity index is 992. The lowest BCUT2D eigenvalue weighted by atomic mass is 10.1. The molecule has 2 amide bonds. The maximum atomic E-state index is 12.4. The van der Waals surface area contributed by atoms with Crippen LogP contribution in [0.2, 0.25) is 5.02 Å². The lowest BCUT2D eigenvalue weighted by Crippen LogP contribution is -2.32. The van der Waals surface area contributed by atoms with Gasteiger partial charge in [-0.15, -0.1) is 0 Å². The van der Waals surface area contributed by atoms with E-state index in [0.29, 0.717) is 10.8 Å². The van der Waals surface area contributed by atoms with Crippen molar-refractivity contribution in [3.63, 3.8) is 0 Å². The SMILES string of the molecule is O=C(CCN1C(=O)c2cccc([N+](=O)[O-])c2C1=O)OCCOc1ccccc1Cl. The number of hydrogen-bond donors (Lipinski definition) is 0. The number of halogens is 1. The summed E-state index contributed by atoms with van der Waals surface area (Å²) in [6.07, 6.45) is -0.245. The molecule has 0 N–H and O–H groups in total. The van der Waals surface area contributed by atoms with Crippen LogP contribution in [-0.2, 0) is 9.53 Å². The van der Waals surface area contributed by atoms with Gasteiger partial charge < -0.3 is 9.47 Å². The molecule has 0 bridgehead atoms. The van der Waals surface area contributed by atoms with Gasteiger partial charge in [-0.2, -0.15) is 0 Å². The van der Waals surface area contributed by atoms with Crippen molar-refractivity contribution in [2.45, 2.75) is 6.42 Å². The number of rotatable bonds is 8. The van der Waals surface area contributed by atoms with Crippen molar-refractivity contribution in [2.24, 2.45) is 0 Å². The minimum Gasteiger partial charge on any atom is -0.488 e. The van der Waals surface area contributed by atoms with E-state index in [-0.39, 0.29) is 37.3 Å². The van der Waals surface area contributed by atoms with Gasteiger partial charge in [0.05, 0.1) is 21.9 Å². The Hall–Kier alpha value is -3.46. The zero-order chi connectivity index (χ0) is 21.0. The number of nitro benzene ring substituents is 1. The van der Waals surface area contributed by atoms with Crippen LogP contribution >= 0.6 is 11.6 Å². The molecule has 0 radical (unpaired) electrons. The Labute approximate surface area is 169 Å². The topological polar surface area (TPSA) is 116 Å². The van der Waals surface area contributed by atoms with E-state index in [9.17, 15) is 24.5 Å². The predicted molar refractivity (Wildman–Crippen MR) is 101 cm³/mol. The molecule has 0 saturated carbocycles. The molecule has 2 aromatic carbocycles. The van der Waals surface area contributed by atoms with Gasteiger partial charge in [0.25, 0.3) is 17.5 Å². The van der Waals surface area contributed by atoms with Crippen molar-refractivity contribution in [1.82, 2.24) is 4.90 Å². The minimum atomic E-state index is -0.799. The summed E-state index contributed by atoms with van der Waals surface area (Å²) in [5.74, 6) is -1.66. The van der Waals surface area contributed by atoms with E-state index in [1.807, 2.05) is 0 Å². The lowest BCUT2D eigenvalue weighted by Gasteiger charge is -2.13. The summed E-state index contributed by atoms with van der Waals surface area (Å²) in [7, 11) is 0. The molecule has 0 aliphatic carbocycles. The van der Waals surface area contributed by atoms with Crippen LogP contribution in [-0.4, -0.2) is 47.4 Å². The predicted octanol–water partition coefficient (Wildman–Crippen LogP) is 2.86.